The van der Waals surface area contributed by atoms with Crippen LogP contribution >= 0.6 is 0 Å². The lowest BCUT2D eigenvalue weighted by molar-refractivity contribution is -0.168. The normalized spacial score (nSPS) is 18.6. The van der Waals surface area contributed by atoms with Gasteiger partial charge in [-0.05, 0) is 53.4 Å². The molecule has 4 heteroatoms. The first-order chi connectivity index (χ1) is 14.9. The van der Waals surface area contributed by atoms with E-state index in [1.807, 2.05) is 0 Å². The minimum absolute atomic E-state index is 0.00422. The van der Waals surface area contributed by atoms with Gasteiger partial charge < -0.3 is 13.9 Å². The molecule has 0 amide bonds. The largest absolute Gasteiger partial charge is 0.407 e. The monoisotopic (exact) mass is 440 g/mol. The molecule has 2 aromatic rings. The maximum atomic E-state index is 6.98. The van der Waals surface area contributed by atoms with Gasteiger partial charge in [0.05, 0.1) is 6.61 Å². The molecule has 1 aliphatic heterocycles. The Hall–Kier alpha value is -1.46. The summed E-state index contributed by atoms with van der Waals surface area (Å²) < 4.78 is 18.7. The van der Waals surface area contributed by atoms with Gasteiger partial charge in [-0.3, -0.25) is 0 Å². The van der Waals surface area contributed by atoms with E-state index in [0.29, 0.717) is 5.92 Å². The van der Waals surface area contributed by atoms with Gasteiger partial charge in [-0.25, -0.2) is 0 Å². The van der Waals surface area contributed by atoms with Crippen molar-refractivity contribution in [1.29, 1.82) is 0 Å². The van der Waals surface area contributed by atoms with Crippen LogP contribution in [0.1, 0.15) is 59.8 Å². The van der Waals surface area contributed by atoms with Crippen molar-refractivity contribution in [3.63, 3.8) is 0 Å². The highest BCUT2D eigenvalue weighted by Crippen LogP contribution is 2.36. The minimum Gasteiger partial charge on any atom is -0.407 e. The third-order valence-corrected chi connectivity index (χ3v) is 11.3. The summed E-state index contributed by atoms with van der Waals surface area (Å²) in [4.78, 5) is 0. The molecule has 31 heavy (non-hydrogen) atoms. The number of ether oxygens (including phenoxy) is 2. The van der Waals surface area contributed by atoms with Gasteiger partial charge >= 0.3 is 0 Å². The van der Waals surface area contributed by atoms with E-state index in [2.05, 4.69) is 88.4 Å². The van der Waals surface area contributed by atoms with Crippen molar-refractivity contribution in [2.75, 3.05) is 19.8 Å². The summed E-state index contributed by atoms with van der Waals surface area (Å²) in [5, 5.41) is 2.72. The van der Waals surface area contributed by atoms with Crippen molar-refractivity contribution in [2.24, 2.45) is 5.92 Å². The van der Waals surface area contributed by atoms with E-state index in [-0.39, 0.29) is 11.3 Å². The summed E-state index contributed by atoms with van der Waals surface area (Å²) in [6.07, 6.45) is 5.56. The lowest BCUT2D eigenvalue weighted by Crippen LogP contribution is -2.66. The van der Waals surface area contributed by atoms with Crippen LogP contribution < -0.4 is 10.4 Å². The fraction of sp³-hybridized carbons (Fsp3) is 0.556. The maximum Gasteiger partial charge on any atom is 0.261 e. The van der Waals surface area contributed by atoms with E-state index in [4.69, 9.17) is 13.9 Å². The van der Waals surface area contributed by atoms with Crippen molar-refractivity contribution in [3.8, 4) is 0 Å². The van der Waals surface area contributed by atoms with Crippen LogP contribution in [0.25, 0.3) is 0 Å². The molecule has 2 aromatic carbocycles. The summed E-state index contributed by atoms with van der Waals surface area (Å²) in [5.74, 6) is 0.508. The summed E-state index contributed by atoms with van der Waals surface area (Å²) in [7, 11) is -2.42. The Labute approximate surface area is 190 Å². The number of benzene rings is 2. The predicted octanol–water partition coefficient (Wildman–Crippen LogP) is 5.52. The van der Waals surface area contributed by atoms with Crippen LogP contribution in [0.2, 0.25) is 5.04 Å². The van der Waals surface area contributed by atoms with Gasteiger partial charge in [-0.15, -0.1) is 0 Å². The highest BCUT2D eigenvalue weighted by atomic mass is 28.4. The highest BCUT2D eigenvalue weighted by molar-refractivity contribution is 6.99. The van der Waals surface area contributed by atoms with Gasteiger partial charge in [-0.2, -0.15) is 0 Å². The summed E-state index contributed by atoms with van der Waals surface area (Å²) >= 11 is 0. The van der Waals surface area contributed by atoms with E-state index in [0.717, 1.165) is 45.5 Å². The molecule has 0 bridgehead atoms. The minimum atomic E-state index is -2.42. The molecule has 0 saturated carbocycles. The van der Waals surface area contributed by atoms with Crippen molar-refractivity contribution < 1.29 is 13.9 Å². The quantitative estimate of drug-likeness (QED) is 0.359. The fourth-order valence-electron chi connectivity index (χ4n) is 4.62. The molecule has 1 aliphatic rings. The average Bonchev–Trinajstić information content (AvgIpc) is 2.79. The van der Waals surface area contributed by atoms with Gasteiger partial charge in [0.15, 0.2) is 6.29 Å². The molecule has 1 heterocycles. The fourth-order valence-corrected chi connectivity index (χ4v) is 9.22. The van der Waals surface area contributed by atoms with E-state index in [1.54, 1.807) is 0 Å². The standard InChI is InChI=1S/C27H40O3Si/c1-23(22-29-26-19-11-12-20-28-26)14-13-21-30-31(27(2,3)4,24-15-7-5-8-16-24)25-17-9-6-10-18-25/h5-10,15-18,23,26H,11-14,19-22H2,1-4H3/t23-,26?/m1/s1. The smallest absolute Gasteiger partial charge is 0.261 e. The molecule has 3 nitrogen and oxygen atoms in total. The lowest BCUT2D eigenvalue weighted by atomic mass is 10.1. The van der Waals surface area contributed by atoms with Gasteiger partial charge in [0.1, 0.15) is 0 Å². The first kappa shape index (κ1) is 24.2. The highest BCUT2D eigenvalue weighted by Gasteiger charge is 2.49. The zero-order valence-corrected chi connectivity index (χ0v) is 20.8. The van der Waals surface area contributed by atoms with Crippen LogP contribution in [-0.4, -0.2) is 34.4 Å². The number of hydrogen-bond donors (Lipinski definition) is 0. The van der Waals surface area contributed by atoms with Gasteiger partial charge in [0.25, 0.3) is 8.32 Å². The van der Waals surface area contributed by atoms with E-state index in [1.165, 1.54) is 16.8 Å². The van der Waals surface area contributed by atoms with Crippen molar-refractivity contribution in [1.82, 2.24) is 0 Å². The van der Waals surface area contributed by atoms with Gasteiger partial charge in [0.2, 0.25) is 0 Å². The van der Waals surface area contributed by atoms with Crippen LogP contribution in [0.4, 0.5) is 0 Å². The predicted molar refractivity (Wildman–Crippen MR) is 132 cm³/mol. The Morgan fingerprint density at radius 2 is 1.58 bits per heavy atom. The molecule has 0 aliphatic carbocycles. The second kappa shape index (κ2) is 11.4. The molecule has 170 valence electrons. The van der Waals surface area contributed by atoms with Crippen LogP contribution in [-0.2, 0) is 13.9 Å². The molecule has 0 spiro atoms. The molecular formula is C27H40O3Si. The first-order valence-corrected chi connectivity index (χ1v) is 13.8. The second-order valence-electron chi connectivity index (χ2n) is 9.89. The Morgan fingerprint density at radius 3 is 2.10 bits per heavy atom. The Kier molecular flexibility index (Phi) is 8.91. The average molecular weight is 441 g/mol. The van der Waals surface area contributed by atoms with Crippen molar-refractivity contribution >= 4 is 18.7 Å². The first-order valence-electron chi connectivity index (χ1n) is 11.9. The summed E-state index contributed by atoms with van der Waals surface area (Å²) in [5.41, 5.74) is 0. The number of rotatable bonds is 10. The third kappa shape index (κ3) is 6.29. The van der Waals surface area contributed by atoms with E-state index >= 15 is 0 Å². The molecule has 1 saturated heterocycles. The third-order valence-electron chi connectivity index (χ3n) is 6.28. The van der Waals surface area contributed by atoms with E-state index < -0.39 is 8.32 Å². The number of hydrogen-bond acceptors (Lipinski definition) is 3. The summed E-state index contributed by atoms with van der Waals surface area (Å²) in [6, 6.07) is 21.8. The second-order valence-corrected chi connectivity index (χ2v) is 14.2. The van der Waals surface area contributed by atoms with E-state index in [9.17, 15) is 0 Å². The van der Waals surface area contributed by atoms with Gasteiger partial charge in [-0.1, -0.05) is 88.4 Å². The Bertz CT molecular complexity index is 712. The maximum absolute atomic E-state index is 6.98. The molecular weight excluding hydrogens is 400 g/mol. The lowest BCUT2D eigenvalue weighted by Gasteiger charge is -2.43. The molecule has 0 radical (unpaired) electrons. The van der Waals surface area contributed by atoms with Crippen LogP contribution in [0.15, 0.2) is 60.7 Å². The summed E-state index contributed by atoms with van der Waals surface area (Å²) in [6.45, 7) is 11.7. The SMILES string of the molecule is C[C@H](CCCO[Si](c1ccccc1)(c1ccccc1)C(C)(C)C)COC1CCCCO1. The van der Waals surface area contributed by atoms with Crippen LogP contribution in [0, 0.1) is 5.92 Å². The zero-order valence-electron chi connectivity index (χ0n) is 19.8. The van der Waals surface area contributed by atoms with Crippen molar-refractivity contribution in [3.05, 3.63) is 60.7 Å². The Morgan fingerprint density at radius 1 is 0.968 bits per heavy atom. The van der Waals surface area contributed by atoms with Crippen LogP contribution in [0.3, 0.4) is 0 Å². The molecule has 1 fully saturated rings. The molecule has 0 aromatic heterocycles. The topological polar surface area (TPSA) is 27.7 Å². The molecule has 3 rings (SSSR count). The molecule has 1 unspecified atom stereocenters. The van der Waals surface area contributed by atoms with Crippen LogP contribution in [0.5, 0.6) is 0 Å². The molecule has 2 atom stereocenters. The molecule has 0 N–H and O–H groups in total. The Balaban J connectivity index is 1.64. The van der Waals surface area contributed by atoms with Gasteiger partial charge in [0, 0.05) is 13.2 Å². The zero-order chi connectivity index (χ0) is 22.2. The van der Waals surface area contributed by atoms with Crippen molar-refractivity contribution in [2.45, 2.75) is 71.1 Å².